The lowest BCUT2D eigenvalue weighted by molar-refractivity contribution is -0.384. The van der Waals surface area contributed by atoms with Gasteiger partial charge in [0.05, 0.1) is 43.4 Å². The number of nitro groups is 1. The number of ether oxygens (including phenoxy) is 3. The Balaban J connectivity index is 1.65. The van der Waals surface area contributed by atoms with Crippen molar-refractivity contribution >= 4 is 40.7 Å². The Morgan fingerprint density at radius 1 is 0.821 bits per heavy atom. The highest BCUT2D eigenvalue weighted by molar-refractivity contribution is 6.32. The van der Waals surface area contributed by atoms with Gasteiger partial charge in [-0.15, -0.1) is 0 Å². The normalized spacial score (nSPS) is 18.1. The van der Waals surface area contributed by atoms with Crippen LogP contribution in [-0.2, 0) is 4.79 Å². The van der Waals surface area contributed by atoms with Crippen molar-refractivity contribution in [3.8, 4) is 17.2 Å². The number of fused-ring (bicyclic) bond motifs is 1. The van der Waals surface area contributed by atoms with Gasteiger partial charge in [-0.1, -0.05) is 17.7 Å². The molecule has 2 atom stereocenters. The van der Waals surface area contributed by atoms with E-state index in [9.17, 15) is 24.5 Å². The number of benzene rings is 3. The number of amides is 3. The van der Waals surface area contributed by atoms with E-state index < -0.39 is 34.7 Å². The van der Waals surface area contributed by atoms with Crippen LogP contribution in [0.3, 0.4) is 0 Å². The molecule has 0 aliphatic carbocycles. The molecule has 0 N–H and O–H groups in total. The summed E-state index contributed by atoms with van der Waals surface area (Å²) in [6, 6.07) is 9.68. The number of hydrogen-bond donors (Lipinski definition) is 0. The van der Waals surface area contributed by atoms with E-state index in [1.54, 1.807) is 30.3 Å². The van der Waals surface area contributed by atoms with Crippen LogP contribution in [0.15, 0.2) is 48.5 Å². The average Bonchev–Trinajstić information content (AvgIpc) is 3.17. The predicted octanol–water partition coefficient (Wildman–Crippen LogP) is 4.34. The van der Waals surface area contributed by atoms with E-state index in [-0.39, 0.29) is 16.8 Å². The van der Waals surface area contributed by atoms with Gasteiger partial charge in [0.25, 0.3) is 23.4 Å². The molecule has 2 aliphatic heterocycles. The van der Waals surface area contributed by atoms with Gasteiger partial charge < -0.3 is 19.1 Å². The average molecular weight is 552 g/mol. The summed E-state index contributed by atoms with van der Waals surface area (Å²) in [5.74, 6) is -1.10. The number of hydrogen-bond acceptors (Lipinski definition) is 8. The number of halogens is 1. The molecule has 3 aromatic rings. The number of imide groups is 1. The zero-order valence-corrected chi connectivity index (χ0v) is 22.0. The van der Waals surface area contributed by atoms with Crippen LogP contribution in [0.4, 0.5) is 11.4 Å². The molecule has 0 radical (unpaired) electrons. The number of carbonyl (C=O) groups excluding carboxylic acids is 3. The fourth-order valence-electron chi connectivity index (χ4n) is 4.96. The summed E-state index contributed by atoms with van der Waals surface area (Å²) in [4.78, 5) is 53.5. The van der Waals surface area contributed by atoms with Crippen LogP contribution in [0.1, 0.15) is 37.9 Å². The molecule has 0 aromatic heterocycles. The molecular weight excluding hydrogens is 530 g/mol. The Bertz CT molecular complexity index is 1550. The van der Waals surface area contributed by atoms with Crippen LogP contribution in [0.25, 0.3) is 0 Å². The second-order valence-corrected chi connectivity index (χ2v) is 9.36. The fraction of sp³-hybridized carbons (Fsp3) is 0.222. The standard InChI is InChI=1S/C27H22ClN3O8/c1-13-5-6-15(12-19(13)28)29-22(14-9-20(37-2)24(39-4)21(10-14)38-3)23(27(29)34)30-25(32)17-8-7-16(31(35)36)11-18(17)26(30)33/h5-12,22-23H,1-4H3/t22-,23+/m0/s1. The molecule has 0 bridgehead atoms. The summed E-state index contributed by atoms with van der Waals surface area (Å²) in [5, 5.41) is 11.7. The van der Waals surface area contributed by atoms with Crippen molar-refractivity contribution in [2.45, 2.75) is 19.0 Å². The highest BCUT2D eigenvalue weighted by Gasteiger charge is 2.57. The molecule has 12 heteroatoms. The molecule has 1 saturated heterocycles. The molecule has 39 heavy (non-hydrogen) atoms. The van der Waals surface area contributed by atoms with E-state index in [1.807, 2.05) is 6.92 Å². The van der Waals surface area contributed by atoms with Gasteiger partial charge >= 0.3 is 0 Å². The van der Waals surface area contributed by atoms with Gasteiger partial charge in [-0.25, -0.2) is 0 Å². The summed E-state index contributed by atoms with van der Waals surface area (Å²) in [7, 11) is 4.34. The summed E-state index contributed by atoms with van der Waals surface area (Å²) >= 11 is 6.36. The molecule has 11 nitrogen and oxygen atoms in total. The smallest absolute Gasteiger partial charge is 0.270 e. The summed E-state index contributed by atoms with van der Waals surface area (Å²) in [6.07, 6.45) is 0. The molecule has 3 aromatic carbocycles. The number of carbonyl (C=O) groups is 3. The van der Waals surface area contributed by atoms with Crippen molar-refractivity contribution in [3.05, 3.63) is 85.9 Å². The van der Waals surface area contributed by atoms with Crippen molar-refractivity contribution in [3.63, 3.8) is 0 Å². The summed E-state index contributed by atoms with van der Waals surface area (Å²) < 4.78 is 16.4. The third-order valence-corrected chi connectivity index (χ3v) is 7.33. The molecule has 2 heterocycles. The number of rotatable bonds is 7. The number of anilines is 1. The van der Waals surface area contributed by atoms with Crippen LogP contribution in [0, 0.1) is 17.0 Å². The Labute approximate surface area is 227 Å². The first-order chi connectivity index (χ1) is 18.6. The number of aryl methyl sites for hydroxylation is 1. The number of β-lactam (4-membered cyclic amide) rings is 1. The van der Waals surface area contributed by atoms with Crippen LogP contribution < -0.4 is 19.1 Å². The third-order valence-electron chi connectivity index (χ3n) is 6.92. The Kier molecular flexibility index (Phi) is 6.39. The molecule has 0 saturated carbocycles. The molecule has 3 amide bonds. The highest BCUT2D eigenvalue weighted by atomic mass is 35.5. The van der Waals surface area contributed by atoms with Crippen LogP contribution in [-0.4, -0.2) is 54.9 Å². The first-order valence-corrected chi connectivity index (χ1v) is 12.1. The number of non-ortho nitro benzene ring substituents is 1. The van der Waals surface area contributed by atoms with Gasteiger partial charge in [-0.05, 0) is 48.4 Å². The van der Waals surface area contributed by atoms with Crippen LogP contribution in [0.5, 0.6) is 17.2 Å². The largest absolute Gasteiger partial charge is 0.493 e. The lowest BCUT2D eigenvalue weighted by atomic mass is 9.85. The van der Waals surface area contributed by atoms with Gasteiger partial charge in [0.1, 0.15) is 6.04 Å². The molecule has 2 aliphatic rings. The molecule has 0 unspecified atom stereocenters. The summed E-state index contributed by atoms with van der Waals surface area (Å²) in [6.45, 7) is 1.82. The van der Waals surface area contributed by atoms with Crippen LogP contribution >= 0.6 is 11.6 Å². The van der Waals surface area contributed by atoms with Gasteiger partial charge in [-0.3, -0.25) is 29.4 Å². The van der Waals surface area contributed by atoms with Gasteiger partial charge in [0, 0.05) is 22.8 Å². The Morgan fingerprint density at radius 2 is 1.46 bits per heavy atom. The minimum absolute atomic E-state index is 0.0149. The van der Waals surface area contributed by atoms with E-state index in [1.165, 1.54) is 32.3 Å². The van der Waals surface area contributed by atoms with Gasteiger partial charge in [0.2, 0.25) is 5.75 Å². The van der Waals surface area contributed by atoms with Crippen molar-refractivity contribution in [1.82, 2.24) is 4.90 Å². The number of nitrogens with zero attached hydrogens (tertiary/aromatic N) is 3. The van der Waals surface area contributed by atoms with Crippen molar-refractivity contribution in [1.29, 1.82) is 0 Å². The van der Waals surface area contributed by atoms with E-state index in [2.05, 4.69) is 0 Å². The van der Waals surface area contributed by atoms with Crippen molar-refractivity contribution < 1.29 is 33.5 Å². The minimum Gasteiger partial charge on any atom is -0.493 e. The van der Waals surface area contributed by atoms with Crippen molar-refractivity contribution in [2.75, 3.05) is 26.2 Å². The molecule has 5 rings (SSSR count). The highest BCUT2D eigenvalue weighted by Crippen LogP contribution is 2.48. The zero-order chi connectivity index (χ0) is 28.2. The maximum atomic E-state index is 13.7. The van der Waals surface area contributed by atoms with Crippen molar-refractivity contribution in [2.24, 2.45) is 0 Å². The Hall–Kier alpha value is -4.64. The van der Waals surface area contributed by atoms with E-state index in [0.717, 1.165) is 22.6 Å². The fourth-order valence-corrected chi connectivity index (χ4v) is 5.14. The lowest BCUT2D eigenvalue weighted by Gasteiger charge is -2.50. The first-order valence-electron chi connectivity index (χ1n) is 11.7. The molecule has 0 spiro atoms. The SMILES string of the molecule is COc1cc([C@H]2[C@@H](N3C(=O)c4ccc([N+](=O)[O-])cc4C3=O)C(=O)N2c2ccc(C)c(Cl)c2)cc(OC)c1OC. The van der Waals surface area contributed by atoms with E-state index >= 15 is 0 Å². The maximum Gasteiger partial charge on any atom is 0.270 e. The molecule has 200 valence electrons. The third kappa shape index (κ3) is 3.93. The predicted molar refractivity (Wildman–Crippen MR) is 140 cm³/mol. The second-order valence-electron chi connectivity index (χ2n) is 8.96. The topological polar surface area (TPSA) is 129 Å². The van der Waals surface area contributed by atoms with Gasteiger partial charge in [-0.2, -0.15) is 0 Å². The zero-order valence-electron chi connectivity index (χ0n) is 21.3. The maximum absolute atomic E-state index is 13.7. The number of nitro benzene ring substituents is 1. The second kappa shape index (κ2) is 9.59. The minimum atomic E-state index is -1.25. The molecular formula is C27H22ClN3O8. The monoisotopic (exact) mass is 551 g/mol. The quantitative estimate of drug-likeness (QED) is 0.184. The molecule has 1 fully saturated rings. The first kappa shape index (κ1) is 26.0. The van der Waals surface area contributed by atoms with Gasteiger partial charge in [0.15, 0.2) is 11.5 Å². The van der Waals surface area contributed by atoms with Crippen LogP contribution in [0.2, 0.25) is 5.02 Å². The van der Waals surface area contributed by atoms with E-state index in [0.29, 0.717) is 33.5 Å². The van der Waals surface area contributed by atoms with E-state index in [4.69, 9.17) is 25.8 Å². The summed E-state index contributed by atoms with van der Waals surface area (Å²) in [5.41, 5.74) is 1.26. The lowest BCUT2D eigenvalue weighted by Crippen LogP contribution is -2.67. The Morgan fingerprint density at radius 3 is 2.03 bits per heavy atom. The number of methoxy groups -OCH3 is 3.